The standard InChI is InChI=1S/C31H45N10O17P3/c32-31-37-28-27(30(44)38-31)20(15-41(28)26-8-7-23(56-26)16-55-60(48,49)58-61(50,51)57-59(45,46)47)14-36-24(42)17-52-11-12-53-25(39-40-33)18-54-22-6-1-3-19(13-22)29(43)35-10-9-34-21-4-2-5-21/h1,3,6,13,15,21,23,25-26,34H,2,4-5,7-12,14,16-18H2,(H,35,43)(H,36,42)(H,48,49)(H,50,51)(H2,45,46,47)(H3,32,37,38,44)/t23-,25?,26+/m0/s1. The Kier molecular flexibility index (Phi) is 17.0. The number of benzene rings is 1. The summed E-state index contributed by atoms with van der Waals surface area (Å²) in [5.74, 6) is -0.705. The number of nitrogens with zero attached hydrogens (tertiary/aromatic N) is 5. The average molecular weight is 923 g/mol. The van der Waals surface area contributed by atoms with E-state index in [0.717, 1.165) is 12.8 Å². The predicted octanol–water partition coefficient (Wildman–Crippen LogP) is 1.56. The van der Waals surface area contributed by atoms with Crippen LogP contribution < -0.4 is 32.0 Å². The van der Waals surface area contributed by atoms with Crippen LogP contribution in [0.4, 0.5) is 5.95 Å². The Morgan fingerprint density at radius 3 is 2.59 bits per heavy atom. The van der Waals surface area contributed by atoms with E-state index in [9.17, 15) is 37.9 Å². The summed E-state index contributed by atoms with van der Waals surface area (Å²) in [6.45, 7) is -0.470. The number of carbonyl (C=O) groups excluding carboxylic acids is 2. The highest BCUT2D eigenvalue weighted by Crippen LogP contribution is 2.66. The first-order valence-corrected chi connectivity index (χ1v) is 23.0. The molecule has 2 amide bonds. The SMILES string of the molecule is [N-]=[N+]=NC(COc1cccc(C(=O)NCCNC2CCC2)c1)OCCOCC(=O)NCc1cn([C@H]2CC[C@@H](COP(=O)(O)OP(=O)(O)OP(=O)(O)O)O2)c2nc(N)[nH]c(=O)c12. The van der Waals surface area contributed by atoms with E-state index in [-0.39, 0.29) is 62.1 Å². The Hall–Kier alpha value is -4.26. The molecule has 3 aromatic rings. The van der Waals surface area contributed by atoms with E-state index in [1.165, 1.54) is 17.2 Å². The fraction of sp³-hybridized carbons (Fsp3) is 0.548. The van der Waals surface area contributed by atoms with Crippen LogP contribution in [0, 0.1) is 0 Å². The van der Waals surface area contributed by atoms with Gasteiger partial charge in [-0.25, -0.2) is 13.7 Å². The van der Waals surface area contributed by atoms with Gasteiger partial charge in [0.2, 0.25) is 11.9 Å². The number of phosphoric acid groups is 3. The van der Waals surface area contributed by atoms with Gasteiger partial charge in [0.1, 0.15) is 25.2 Å². The molecule has 1 aliphatic carbocycles. The molecule has 1 aromatic carbocycles. The van der Waals surface area contributed by atoms with Crippen molar-refractivity contribution < 1.29 is 75.0 Å². The van der Waals surface area contributed by atoms with E-state index in [1.807, 2.05) is 0 Å². The first kappa shape index (κ1) is 47.8. The normalized spacial score (nSPS) is 19.3. The lowest BCUT2D eigenvalue weighted by Gasteiger charge is -2.26. The van der Waals surface area contributed by atoms with Crippen molar-refractivity contribution >= 4 is 52.3 Å². The number of fused-ring (bicyclic) bond motifs is 1. The molecule has 1 saturated carbocycles. The third-order valence-electron chi connectivity index (χ3n) is 8.88. The number of ether oxygens (including phenoxy) is 4. The molecule has 3 heterocycles. The number of anilines is 1. The topological polar surface area (TPSA) is 392 Å². The van der Waals surface area contributed by atoms with Gasteiger partial charge in [-0.1, -0.05) is 17.6 Å². The maximum absolute atomic E-state index is 12.9. The molecule has 0 spiro atoms. The molecule has 1 aliphatic heterocycles. The number of azide groups is 1. The van der Waals surface area contributed by atoms with Gasteiger partial charge in [-0.3, -0.25) is 23.9 Å². The van der Waals surface area contributed by atoms with Gasteiger partial charge in [0.15, 0.2) is 11.9 Å². The molecule has 0 radical (unpaired) electrons. The number of nitrogen functional groups attached to an aromatic ring is 1. The number of carbonyl (C=O) groups is 2. The zero-order valence-corrected chi connectivity index (χ0v) is 34.8. The summed E-state index contributed by atoms with van der Waals surface area (Å²) >= 11 is 0. The van der Waals surface area contributed by atoms with Crippen molar-refractivity contribution in [3.05, 3.63) is 62.4 Å². The fourth-order valence-corrected chi connectivity index (χ4v) is 9.03. The van der Waals surface area contributed by atoms with Gasteiger partial charge in [0, 0.05) is 47.9 Å². The summed E-state index contributed by atoms with van der Waals surface area (Å²) in [5, 5.41) is 12.5. The minimum atomic E-state index is -5.71. The van der Waals surface area contributed by atoms with Gasteiger partial charge >= 0.3 is 23.5 Å². The summed E-state index contributed by atoms with van der Waals surface area (Å²) in [6, 6.07) is 7.01. The number of hydrogen-bond donors (Lipinski definition) is 9. The molecule has 336 valence electrons. The Labute approximate surface area is 345 Å². The second-order valence-corrected chi connectivity index (χ2v) is 17.8. The monoisotopic (exact) mass is 922 g/mol. The summed E-state index contributed by atoms with van der Waals surface area (Å²) in [7, 11) is -16.7. The Morgan fingerprint density at radius 1 is 1.08 bits per heavy atom. The van der Waals surface area contributed by atoms with Crippen LogP contribution in [0.25, 0.3) is 21.5 Å². The van der Waals surface area contributed by atoms with Crippen LogP contribution in [0.15, 0.2) is 40.4 Å². The van der Waals surface area contributed by atoms with Gasteiger partial charge in [0.25, 0.3) is 11.5 Å². The van der Waals surface area contributed by atoms with E-state index in [1.54, 1.807) is 24.3 Å². The molecule has 2 fully saturated rings. The maximum atomic E-state index is 12.9. The molecular weight excluding hydrogens is 877 g/mol. The highest BCUT2D eigenvalue weighted by Gasteiger charge is 2.41. The number of hydrogen-bond acceptors (Lipinski definition) is 17. The number of aromatic amines is 1. The number of amides is 2. The minimum Gasteiger partial charge on any atom is -0.491 e. The smallest absolute Gasteiger partial charge is 0.490 e. The summed E-state index contributed by atoms with van der Waals surface area (Å²) in [6.07, 6.45) is 2.60. The Morgan fingerprint density at radius 2 is 1.87 bits per heavy atom. The highest BCUT2D eigenvalue weighted by molar-refractivity contribution is 7.66. The van der Waals surface area contributed by atoms with Crippen molar-refractivity contribution in [2.45, 2.75) is 63.3 Å². The lowest BCUT2D eigenvalue weighted by Crippen LogP contribution is -2.40. The van der Waals surface area contributed by atoms with Crippen molar-refractivity contribution in [2.75, 3.05) is 51.9 Å². The summed E-state index contributed by atoms with van der Waals surface area (Å²) < 4.78 is 70.6. The van der Waals surface area contributed by atoms with E-state index in [4.69, 9.17) is 40.0 Å². The molecule has 5 atom stereocenters. The van der Waals surface area contributed by atoms with Crippen LogP contribution in [-0.4, -0.2) is 110 Å². The first-order valence-electron chi connectivity index (χ1n) is 18.5. The largest absolute Gasteiger partial charge is 0.491 e. The predicted molar refractivity (Wildman–Crippen MR) is 209 cm³/mol. The second kappa shape index (κ2) is 21.7. The molecule has 30 heteroatoms. The lowest BCUT2D eigenvalue weighted by molar-refractivity contribution is -0.126. The van der Waals surface area contributed by atoms with Crippen molar-refractivity contribution in [3.63, 3.8) is 0 Å². The average Bonchev–Trinajstić information content (AvgIpc) is 3.77. The van der Waals surface area contributed by atoms with Crippen molar-refractivity contribution in [1.82, 2.24) is 30.5 Å². The highest BCUT2D eigenvalue weighted by atomic mass is 31.3. The van der Waals surface area contributed by atoms with Gasteiger partial charge < -0.3 is 64.8 Å². The van der Waals surface area contributed by atoms with E-state index in [2.05, 4.69) is 49.1 Å². The van der Waals surface area contributed by atoms with Crippen LogP contribution in [0.2, 0.25) is 0 Å². The molecule has 0 bridgehead atoms. The number of phosphoric ester groups is 1. The van der Waals surface area contributed by atoms with Gasteiger partial charge in [-0.2, -0.15) is 13.6 Å². The lowest BCUT2D eigenvalue weighted by atomic mass is 9.93. The van der Waals surface area contributed by atoms with Crippen LogP contribution in [0.3, 0.4) is 0 Å². The maximum Gasteiger partial charge on any atom is 0.490 e. The number of nitrogens with two attached hydrogens (primary N) is 1. The Bertz CT molecular complexity index is 2260. The minimum absolute atomic E-state index is 0.0671. The quantitative estimate of drug-likeness (QED) is 0.0191. The second-order valence-electron chi connectivity index (χ2n) is 13.4. The zero-order valence-electron chi connectivity index (χ0n) is 32.1. The van der Waals surface area contributed by atoms with Crippen LogP contribution >= 0.6 is 23.5 Å². The van der Waals surface area contributed by atoms with Gasteiger partial charge in [-0.05, 0) is 49.4 Å². The van der Waals surface area contributed by atoms with E-state index < -0.39 is 66.7 Å². The summed E-state index contributed by atoms with van der Waals surface area (Å²) in [4.78, 5) is 84.0. The van der Waals surface area contributed by atoms with E-state index >= 15 is 0 Å². The first-order chi connectivity index (χ1) is 28.9. The van der Waals surface area contributed by atoms with Crippen molar-refractivity contribution in [2.24, 2.45) is 5.11 Å². The number of aromatic nitrogens is 3. The van der Waals surface area contributed by atoms with Crippen LogP contribution in [0.1, 0.15) is 54.3 Å². The third-order valence-corrected chi connectivity index (χ3v) is 12.7. The van der Waals surface area contributed by atoms with E-state index in [0.29, 0.717) is 36.0 Å². The molecule has 5 rings (SSSR count). The third kappa shape index (κ3) is 15.3. The van der Waals surface area contributed by atoms with Crippen molar-refractivity contribution in [3.8, 4) is 5.75 Å². The molecule has 1 saturated heterocycles. The summed E-state index contributed by atoms with van der Waals surface area (Å²) in [5.41, 5.74) is 14.9. The Balaban J connectivity index is 1.05. The molecular formula is C31H45N10O17P3. The molecule has 3 unspecified atom stereocenters. The number of nitrogens with one attached hydrogen (secondary N) is 4. The van der Waals surface area contributed by atoms with Gasteiger partial charge in [0.05, 0.1) is 31.3 Å². The van der Waals surface area contributed by atoms with Crippen LogP contribution in [0.5, 0.6) is 5.75 Å². The molecule has 10 N–H and O–H groups in total. The fourth-order valence-electron chi connectivity index (χ4n) is 5.98. The zero-order chi connectivity index (χ0) is 44.2. The van der Waals surface area contributed by atoms with Crippen LogP contribution in [-0.2, 0) is 52.4 Å². The molecule has 2 aliphatic rings. The number of H-pyrrole nitrogens is 1. The molecule has 27 nitrogen and oxygen atoms in total. The molecule has 61 heavy (non-hydrogen) atoms. The molecule has 2 aromatic heterocycles. The van der Waals surface area contributed by atoms with Crippen molar-refractivity contribution in [1.29, 1.82) is 0 Å². The van der Waals surface area contributed by atoms with Gasteiger partial charge in [-0.15, -0.1) is 0 Å². The number of rotatable bonds is 25.